The molecule has 2 aromatic rings. The molecule has 5 nitrogen and oxygen atoms in total. The van der Waals surface area contributed by atoms with E-state index in [0.717, 1.165) is 25.0 Å². The van der Waals surface area contributed by atoms with Gasteiger partial charge in [0.1, 0.15) is 0 Å². The monoisotopic (exact) mass is 358 g/mol. The molecule has 0 bridgehead atoms. The average Bonchev–Trinajstić information content (AvgIpc) is 3.27. The van der Waals surface area contributed by atoms with Gasteiger partial charge in [0.2, 0.25) is 5.91 Å². The highest BCUT2D eigenvalue weighted by atomic mass is 32.1. The first kappa shape index (κ1) is 17.6. The van der Waals surface area contributed by atoms with Crippen molar-refractivity contribution in [2.24, 2.45) is 0 Å². The fraction of sp³-hybridized carbons (Fsp3) is 0.368. The molecule has 6 heteroatoms. The number of amides is 2. The minimum Gasteiger partial charge on any atom is -0.376 e. The maximum absolute atomic E-state index is 13.1. The first-order chi connectivity index (χ1) is 12.1. The topological polar surface area (TPSA) is 58.6 Å². The van der Waals surface area contributed by atoms with E-state index in [1.165, 1.54) is 6.92 Å². The summed E-state index contributed by atoms with van der Waals surface area (Å²) in [5.74, 6) is -0.201. The van der Waals surface area contributed by atoms with E-state index >= 15 is 0 Å². The van der Waals surface area contributed by atoms with Crippen LogP contribution in [0, 0.1) is 0 Å². The van der Waals surface area contributed by atoms with Crippen LogP contribution >= 0.6 is 11.3 Å². The SMILES string of the molecule is CC(=O)Nc1cccc(C(=O)N(Cc2ccsc2)C[C@H]2CCCO2)c1. The molecule has 0 unspecified atom stereocenters. The van der Waals surface area contributed by atoms with E-state index in [1.54, 1.807) is 35.6 Å². The van der Waals surface area contributed by atoms with E-state index in [1.807, 2.05) is 16.3 Å². The van der Waals surface area contributed by atoms with Gasteiger partial charge in [-0.3, -0.25) is 9.59 Å². The van der Waals surface area contributed by atoms with Gasteiger partial charge in [-0.2, -0.15) is 11.3 Å². The summed E-state index contributed by atoms with van der Waals surface area (Å²) in [6.07, 6.45) is 2.13. The summed E-state index contributed by atoms with van der Waals surface area (Å²) in [5, 5.41) is 6.80. The normalized spacial score (nSPS) is 16.6. The zero-order valence-corrected chi connectivity index (χ0v) is 15.1. The van der Waals surface area contributed by atoms with Gasteiger partial charge in [-0.25, -0.2) is 0 Å². The zero-order chi connectivity index (χ0) is 17.6. The smallest absolute Gasteiger partial charge is 0.254 e. The van der Waals surface area contributed by atoms with E-state index in [9.17, 15) is 9.59 Å². The summed E-state index contributed by atoms with van der Waals surface area (Å²) in [7, 11) is 0. The summed E-state index contributed by atoms with van der Waals surface area (Å²) in [6, 6.07) is 9.10. The van der Waals surface area contributed by atoms with Crippen molar-refractivity contribution in [1.29, 1.82) is 0 Å². The van der Waals surface area contributed by atoms with Gasteiger partial charge in [-0.05, 0) is 53.4 Å². The summed E-state index contributed by atoms with van der Waals surface area (Å²) in [4.78, 5) is 26.1. The molecule has 132 valence electrons. The van der Waals surface area contributed by atoms with Crippen LogP contribution in [0.25, 0.3) is 0 Å². The molecule has 1 aromatic carbocycles. The van der Waals surface area contributed by atoms with Gasteiger partial charge >= 0.3 is 0 Å². The van der Waals surface area contributed by atoms with Crippen LogP contribution in [0.5, 0.6) is 0 Å². The number of hydrogen-bond donors (Lipinski definition) is 1. The Morgan fingerprint density at radius 2 is 2.24 bits per heavy atom. The molecular weight excluding hydrogens is 336 g/mol. The van der Waals surface area contributed by atoms with E-state index in [-0.39, 0.29) is 17.9 Å². The number of nitrogens with zero attached hydrogens (tertiary/aromatic N) is 1. The third kappa shape index (κ3) is 4.90. The first-order valence-electron chi connectivity index (χ1n) is 8.41. The number of hydrogen-bond acceptors (Lipinski definition) is 4. The Kier molecular flexibility index (Phi) is 5.83. The standard InChI is InChI=1S/C19H22N2O3S/c1-14(22)20-17-5-2-4-16(10-17)19(23)21(11-15-7-9-25-13-15)12-18-6-3-8-24-18/h2,4-5,7,9-10,13,18H,3,6,8,11-12H2,1H3,(H,20,22)/t18-/m1/s1. The van der Waals surface area contributed by atoms with Crippen LogP contribution in [-0.4, -0.2) is 36.0 Å². The van der Waals surface area contributed by atoms with Crippen LogP contribution in [-0.2, 0) is 16.1 Å². The molecule has 2 amide bonds. The number of ether oxygens (including phenoxy) is 1. The number of carbonyl (C=O) groups excluding carboxylic acids is 2. The number of anilines is 1. The lowest BCUT2D eigenvalue weighted by Gasteiger charge is -2.25. The van der Waals surface area contributed by atoms with Crippen molar-refractivity contribution in [2.75, 3.05) is 18.5 Å². The van der Waals surface area contributed by atoms with Crippen LogP contribution < -0.4 is 5.32 Å². The molecule has 1 aromatic heterocycles. The lowest BCUT2D eigenvalue weighted by atomic mass is 10.1. The van der Waals surface area contributed by atoms with E-state index in [0.29, 0.717) is 24.3 Å². The van der Waals surface area contributed by atoms with E-state index in [2.05, 4.69) is 10.7 Å². The van der Waals surface area contributed by atoms with Gasteiger partial charge in [-0.1, -0.05) is 6.07 Å². The molecule has 1 aliphatic rings. The van der Waals surface area contributed by atoms with Crippen LogP contribution in [0.1, 0.15) is 35.7 Å². The fourth-order valence-corrected chi connectivity index (χ4v) is 3.63. The minimum absolute atomic E-state index is 0.0473. The Balaban J connectivity index is 1.78. The third-order valence-corrected chi connectivity index (χ3v) is 4.85. The van der Waals surface area contributed by atoms with Gasteiger partial charge in [0, 0.05) is 37.9 Å². The maximum atomic E-state index is 13.1. The molecule has 2 heterocycles. The Labute approximate surface area is 151 Å². The summed E-state index contributed by atoms with van der Waals surface area (Å²) >= 11 is 1.62. The van der Waals surface area contributed by atoms with Crippen molar-refractivity contribution >= 4 is 28.8 Å². The van der Waals surface area contributed by atoms with Gasteiger partial charge in [0.25, 0.3) is 5.91 Å². The molecule has 1 saturated heterocycles. The number of nitrogens with one attached hydrogen (secondary N) is 1. The number of carbonyl (C=O) groups is 2. The van der Waals surface area contributed by atoms with Gasteiger partial charge in [0.05, 0.1) is 6.10 Å². The third-order valence-electron chi connectivity index (χ3n) is 4.12. The van der Waals surface area contributed by atoms with Crippen molar-refractivity contribution in [3.63, 3.8) is 0 Å². The van der Waals surface area contributed by atoms with Crippen molar-refractivity contribution in [3.05, 3.63) is 52.2 Å². The van der Waals surface area contributed by atoms with E-state index in [4.69, 9.17) is 4.74 Å². The lowest BCUT2D eigenvalue weighted by molar-refractivity contribution is -0.114. The molecule has 1 aliphatic heterocycles. The second kappa shape index (κ2) is 8.27. The molecule has 0 radical (unpaired) electrons. The second-order valence-electron chi connectivity index (χ2n) is 6.21. The molecule has 3 rings (SSSR count). The lowest BCUT2D eigenvalue weighted by Crippen LogP contribution is -2.36. The molecule has 1 fully saturated rings. The Morgan fingerprint density at radius 3 is 2.92 bits per heavy atom. The molecule has 1 atom stereocenters. The van der Waals surface area contributed by atoms with Crippen molar-refractivity contribution in [3.8, 4) is 0 Å². The van der Waals surface area contributed by atoms with Crippen molar-refractivity contribution < 1.29 is 14.3 Å². The van der Waals surface area contributed by atoms with Gasteiger partial charge < -0.3 is 15.0 Å². The minimum atomic E-state index is -0.154. The Bertz CT molecular complexity index is 724. The molecule has 0 spiro atoms. The predicted molar refractivity (Wildman–Crippen MR) is 98.8 cm³/mol. The quantitative estimate of drug-likeness (QED) is 0.859. The highest BCUT2D eigenvalue weighted by Crippen LogP contribution is 2.19. The van der Waals surface area contributed by atoms with E-state index < -0.39 is 0 Å². The Hall–Kier alpha value is -2.18. The van der Waals surface area contributed by atoms with Crippen LogP contribution in [0.2, 0.25) is 0 Å². The molecule has 0 aliphatic carbocycles. The zero-order valence-electron chi connectivity index (χ0n) is 14.2. The fourth-order valence-electron chi connectivity index (χ4n) is 2.97. The van der Waals surface area contributed by atoms with Crippen LogP contribution in [0.4, 0.5) is 5.69 Å². The number of rotatable bonds is 6. The van der Waals surface area contributed by atoms with Crippen LogP contribution in [0.3, 0.4) is 0 Å². The Morgan fingerprint density at radius 1 is 1.36 bits per heavy atom. The van der Waals surface area contributed by atoms with Crippen molar-refractivity contribution in [1.82, 2.24) is 4.90 Å². The maximum Gasteiger partial charge on any atom is 0.254 e. The first-order valence-corrected chi connectivity index (χ1v) is 9.36. The van der Waals surface area contributed by atoms with Crippen molar-refractivity contribution in [2.45, 2.75) is 32.4 Å². The van der Waals surface area contributed by atoms with Gasteiger partial charge in [-0.15, -0.1) is 0 Å². The largest absolute Gasteiger partial charge is 0.376 e. The number of benzene rings is 1. The van der Waals surface area contributed by atoms with Crippen LogP contribution in [0.15, 0.2) is 41.1 Å². The summed E-state index contributed by atoms with van der Waals surface area (Å²) < 4.78 is 5.72. The molecule has 25 heavy (non-hydrogen) atoms. The highest BCUT2D eigenvalue weighted by Gasteiger charge is 2.24. The summed E-state index contributed by atoms with van der Waals surface area (Å²) in [6.45, 7) is 3.36. The second-order valence-corrected chi connectivity index (χ2v) is 6.99. The highest BCUT2D eigenvalue weighted by molar-refractivity contribution is 7.07. The number of thiophene rings is 1. The average molecular weight is 358 g/mol. The molecule has 1 N–H and O–H groups in total. The molecule has 0 saturated carbocycles. The van der Waals surface area contributed by atoms with Gasteiger partial charge in [0.15, 0.2) is 0 Å². The predicted octanol–water partition coefficient (Wildman–Crippen LogP) is 3.53. The molecular formula is C19H22N2O3S. The summed E-state index contributed by atoms with van der Waals surface area (Å²) in [5.41, 5.74) is 2.32.